The summed E-state index contributed by atoms with van der Waals surface area (Å²) >= 11 is 1.37. The molecule has 48 heavy (non-hydrogen) atoms. The summed E-state index contributed by atoms with van der Waals surface area (Å²) in [6, 6.07) is 25.4. The first kappa shape index (κ1) is 34.3. The van der Waals surface area contributed by atoms with Crippen LogP contribution in [0.3, 0.4) is 0 Å². The van der Waals surface area contributed by atoms with Gasteiger partial charge >= 0.3 is 0 Å². The molecule has 2 aliphatic rings. The fourth-order valence-corrected chi connectivity index (χ4v) is 7.73. The van der Waals surface area contributed by atoms with Gasteiger partial charge in [0.25, 0.3) is 5.91 Å². The van der Waals surface area contributed by atoms with E-state index in [0.29, 0.717) is 42.9 Å². The molecule has 2 aliphatic heterocycles. The second-order valence-electron chi connectivity index (χ2n) is 12.9. The number of methoxy groups -OCH3 is 1. The number of benzene rings is 3. The molecule has 1 aromatic heterocycles. The lowest BCUT2D eigenvalue weighted by atomic mass is 9.76. The van der Waals surface area contributed by atoms with Crippen molar-refractivity contribution in [1.29, 1.82) is 0 Å². The number of piperidine rings is 1. The zero-order valence-electron chi connectivity index (χ0n) is 28.5. The molecular formula is C38H49N5O4S. The number of anilines is 1. The number of ether oxygens (including phenoxy) is 2. The molecule has 9 nitrogen and oxygen atoms in total. The number of likely N-dealkylation sites (tertiary alicyclic amines) is 2. The Morgan fingerprint density at radius 1 is 1.00 bits per heavy atom. The molecule has 2 fully saturated rings. The number of para-hydroxylation sites is 2. The third-order valence-electron chi connectivity index (χ3n) is 10.0. The van der Waals surface area contributed by atoms with Crippen molar-refractivity contribution in [3.8, 4) is 5.75 Å². The molecule has 0 spiro atoms. The van der Waals surface area contributed by atoms with Crippen LogP contribution >= 0.6 is 12.0 Å². The number of amides is 1. The van der Waals surface area contributed by atoms with Gasteiger partial charge in [-0.25, -0.2) is 4.98 Å². The molecule has 1 unspecified atom stereocenters. The van der Waals surface area contributed by atoms with E-state index >= 15 is 0 Å². The fraction of sp³-hybridized carbons (Fsp3) is 0.474. The predicted octanol–water partition coefficient (Wildman–Crippen LogP) is 6.63. The highest BCUT2D eigenvalue weighted by Gasteiger charge is 2.42. The summed E-state index contributed by atoms with van der Waals surface area (Å²) < 4.78 is 18.8. The topological polar surface area (TPSA) is 81.1 Å². The third kappa shape index (κ3) is 7.83. The van der Waals surface area contributed by atoms with Crippen LogP contribution in [0.4, 0.5) is 5.95 Å². The van der Waals surface area contributed by atoms with Crippen LogP contribution in [0.2, 0.25) is 0 Å². The summed E-state index contributed by atoms with van der Waals surface area (Å²) in [6.45, 7) is 8.70. The van der Waals surface area contributed by atoms with Crippen molar-refractivity contribution in [2.24, 2.45) is 0 Å². The highest BCUT2D eigenvalue weighted by molar-refractivity contribution is 7.93. The summed E-state index contributed by atoms with van der Waals surface area (Å²) in [4.78, 5) is 23.6. The monoisotopic (exact) mass is 671 g/mol. The van der Waals surface area contributed by atoms with Gasteiger partial charge in [0.1, 0.15) is 5.75 Å². The van der Waals surface area contributed by atoms with Crippen LogP contribution in [-0.2, 0) is 26.6 Å². The van der Waals surface area contributed by atoms with Gasteiger partial charge < -0.3 is 33.3 Å². The molecule has 1 amide bonds. The number of nitrogens with one attached hydrogen (secondary N) is 1. The number of imidazole rings is 1. The van der Waals surface area contributed by atoms with Gasteiger partial charge in [-0.3, -0.25) is 4.79 Å². The van der Waals surface area contributed by atoms with Crippen molar-refractivity contribution in [2.75, 3.05) is 65.5 Å². The van der Waals surface area contributed by atoms with E-state index in [0.717, 1.165) is 81.0 Å². The lowest BCUT2D eigenvalue weighted by molar-refractivity contribution is 0.0776. The van der Waals surface area contributed by atoms with E-state index in [1.165, 1.54) is 17.6 Å². The van der Waals surface area contributed by atoms with Crippen molar-refractivity contribution < 1.29 is 18.5 Å². The van der Waals surface area contributed by atoms with Crippen molar-refractivity contribution in [3.05, 3.63) is 89.5 Å². The van der Waals surface area contributed by atoms with E-state index in [1.807, 2.05) is 36.1 Å². The Morgan fingerprint density at radius 2 is 1.79 bits per heavy atom. The van der Waals surface area contributed by atoms with Gasteiger partial charge in [-0.15, -0.1) is 0 Å². The van der Waals surface area contributed by atoms with Crippen LogP contribution in [0.15, 0.2) is 72.8 Å². The second kappa shape index (κ2) is 16.2. The highest BCUT2D eigenvalue weighted by Crippen LogP contribution is 2.39. The number of carbonyl (C=O) groups excluding carboxylic acids is 1. The highest BCUT2D eigenvalue weighted by atomic mass is 32.2. The van der Waals surface area contributed by atoms with Crippen molar-refractivity contribution in [1.82, 2.24) is 19.4 Å². The standard InChI is InChI=1S/C38H49N5O4S/c1-4-47-25-24-43-34-13-9-8-12-33(34)40-37(43)39-31-16-20-41(21-17-31)22-18-38(30-10-6-5-7-11-30)19-23-42(28-38)36(44)32-26-29(27-48-46-3)14-15-35(32)45-2/h5-15,26,31H,4,16-25,27-28H2,1-3H3,(H,39,40). The molecule has 3 aromatic carbocycles. The van der Waals surface area contributed by atoms with Crippen molar-refractivity contribution >= 4 is 34.9 Å². The summed E-state index contributed by atoms with van der Waals surface area (Å²) in [7, 11) is 3.29. The van der Waals surface area contributed by atoms with E-state index < -0.39 is 0 Å². The Morgan fingerprint density at radius 3 is 2.56 bits per heavy atom. The lowest BCUT2D eigenvalue weighted by Crippen LogP contribution is -2.42. The van der Waals surface area contributed by atoms with E-state index in [1.54, 1.807) is 14.2 Å². The zero-order valence-corrected chi connectivity index (χ0v) is 29.3. The Balaban J connectivity index is 1.10. The number of nitrogens with zero attached hydrogens (tertiary/aromatic N) is 4. The first-order valence-corrected chi connectivity index (χ1v) is 18.1. The first-order valence-electron chi connectivity index (χ1n) is 17.2. The van der Waals surface area contributed by atoms with Gasteiger partial charge in [-0.2, -0.15) is 0 Å². The number of fused-ring (bicyclic) bond motifs is 1. The number of aromatic nitrogens is 2. The normalized spacial score (nSPS) is 18.9. The molecule has 10 heteroatoms. The van der Waals surface area contributed by atoms with Gasteiger partial charge in [0, 0.05) is 56.5 Å². The molecule has 0 radical (unpaired) electrons. The average Bonchev–Trinajstić information content (AvgIpc) is 3.73. The Labute approximate surface area is 289 Å². The largest absolute Gasteiger partial charge is 0.496 e. The minimum absolute atomic E-state index is 0.0353. The number of rotatable bonds is 15. The smallest absolute Gasteiger partial charge is 0.257 e. The summed E-state index contributed by atoms with van der Waals surface area (Å²) in [6.07, 6.45) is 4.08. The molecule has 1 N–H and O–H groups in total. The minimum atomic E-state index is -0.0891. The van der Waals surface area contributed by atoms with Crippen molar-refractivity contribution in [2.45, 2.75) is 56.4 Å². The van der Waals surface area contributed by atoms with Crippen LogP contribution in [0, 0.1) is 0 Å². The molecule has 0 bridgehead atoms. The Bertz CT molecular complexity index is 1640. The SMILES string of the molecule is CCOCCn1c(NC2CCN(CCC3(c4ccccc4)CCN(C(=O)c4cc(CSOC)ccc4OC)C3)CC2)nc2ccccc21. The van der Waals surface area contributed by atoms with Crippen LogP contribution < -0.4 is 10.1 Å². The van der Waals surface area contributed by atoms with Crippen LogP contribution in [0.5, 0.6) is 5.75 Å². The number of carbonyl (C=O) groups is 1. The van der Waals surface area contributed by atoms with E-state index in [9.17, 15) is 4.79 Å². The van der Waals surface area contributed by atoms with Gasteiger partial charge in [-0.05, 0) is 86.6 Å². The Kier molecular flexibility index (Phi) is 11.6. The van der Waals surface area contributed by atoms with Crippen LogP contribution in [0.1, 0.15) is 54.1 Å². The molecule has 1 atom stereocenters. The summed E-state index contributed by atoms with van der Waals surface area (Å²) in [5.74, 6) is 2.26. The van der Waals surface area contributed by atoms with E-state index in [2.05, 4.69) is 63.3 Å². The average molecular weight is 672 g/mol. The molecule has 256 valence electrons. The fourth-order valence-electron chi connectivity index (χ4n) is 7.30. The Hall–Kier alpha value is -3.57. The molecule has 6 rings (SSSR count). The van der Waals surface area contributed by atoms with Gasteiger partial charge in [-0.1, -0.05) is 48.5 Å². The van der Waals surface area contributed by atoms with Gasteiger partial charge in [0.15, 0.2) is 0 Å². The summed E-state index contributed by atoms with van der Waals surface area (Å²) in [5, 5.41) is 3.78. The molecule has 0 saturated carbocycles. The second-order valence-corrected chi connectivity index (χ2v) is 13.7. The zero-order chi connectivity index (χ0) is 33.3. The predicted molar refractivity (Wildman–Crippen MR) is 194 cm³/mol. The van der Waals surface area contributed by atoms with Crippen molar-refractivity contribution in [3.63, 3.8) is 0 Å². The molecular weight excluding hydrogens is 623 g/mol. The number of hydrogen-bond acceptors (Lipinski definition) is 8. The quantitative estimate of drug-likeness (QED) is 0.112. The molecule has 3 heterocycles. The van der Waals surface area contributed by atoms with Gasteiger partial charge in [0.05, 0.1) is 37.4 Å². The maximum Gasteiger partial charge on any atom is 0.257 e. The minimum Gasteiger partial charge on any atom is -0.496 e. The van der Waals surface area contributed by atoms with E-state index in [-0.39, 0.29) is 11.3 Å². The lowest BCUT2D eigenvalue weighted by Gasteiger charge is -2.36. The maximum atomic E-state index is 14.0. The first-order chi connectivity index (χ1) is 23.5. The number of hydrogen-bond donors (Lipinski definition) is 1. The van der Waals surface area contributed by atoms with E-state index in [4.69, 9.17) is 18.6 Å². The molecule has 2 saturated heterocycles. The van der Waals surface area contributed by atoms with Gasteiger partial charge in [0.2, 0.25) is 5.95 Å². The molecule has 0 aliphatic carbocycles. The molecule has 4 aromatic rings. The van der Waals surface area contributed by atoms with Crippen LogP contribution in [-0.4, -0.2) is 91.5 Å². The third-order valence-corrected chi connectivity index (χ3v) is 10.7. The van der Waals surface area contributed by atoms with Crippen LogP contribution in [0.25, 0.3) is 11.0 Å². The maximum absolute atomic E-state index is 14.0. The summed E-state index contributed by atoms with van der Waals surface area (Å²) in [5.41, 5.74) is 5.05.